The number of rotatable bonds is 6. The van der Waals surface area contributed by atoms with Crippen molar-refractivity contribution in [2.45, 2.75) is 57.0 Å². The number of hydrogen-bond donors (Lipinski definition) is 2. The molecule has 8 heteroatoms. The van der Waals surface area contributed by atoms with E-state index in [-0.39, 0.29) is 36.7 Å². The Morgan fingerprint density at radius 1 is 1.13 bits per heavy atom. The number of nitrogens with zero attached hydrogens (tertiary/aromatic N) is 2. The molecule has 0 bridgehead atoms. The van der Waals surface area contributed by atoms with Gasteiger partial charge in [0.25, 0.3) is 5.91 Å². The van der Waals surface area contributed by atoms with Crippen LogP contribution >= 0.6 is 0 Å². The number of carbonyl (C=O) groups excluding carboxylic acids is 4. The quantitative estimate of drug-likeness (QED) is 0.700. The zero-order chi connectivity index (χ0) is 21.3. The van der Waals surface area contributed by atoms with Crippen molar-refractivity contribution in [3.8, 4) is 0 Å². The highest BCUT2D eigenvalue weighted by Gasteiger charge is 2.55. The highest BCUT2D eigenvalue weighted by Crippen LogP contribution is 2.39. The predicted octanol–water partition coefficient (Wildman–Crippen LogP) is 2.25. The lowest BCUT2D eigenvalue weighted by Gasteiger charge is -2.35. The number of hydrogen-bond acceptors (Lipinski definition) is 4. The minimum Gasteiger partial charge on any atom is -0.350 e. The summed E-state index contributed by atoms with van der Waals surface area (Å²) in [4.78, 5) is 52.5. The first-order valence-corrected chi connectivity index (χ1v) is 10.7. The summed E-state index contributed by atoms with van der Waals surface area (Å²) < 4.78 is 0. The smallest absolute Gasteiger partial charge is 0.327 e. The van der Waals surface area contributed by atoms with Crippen molar-refractivity contribution in [2.24, 2.45) is 5.92 Å². The molecule has 3 fully saturated rings. The lowest BCUT2D eigenvalue weighted by atomic mass is 9.81. The third-order valence-corrected chi connectivity index (χ3v) is 6.42. The van der Waals surface area contributed by atoms with E-state index >= 15 is 0 Å². The standard InChI is InChI=1S/C22H28N4O4/c1-25-21(30)26(20(29)22(25)10-3-2-4-11-22)14-18(27)23-13-15-6-5-7-17(12-15)24-19(28)16-8-9-16/h5-7,12,16H,2-4,8-11,13-14H2,1H3,(H,23,27)(H,24,28). The van der Waals surface area contributed by atoms with Crippen LogP contribution in [0.2, 0.25) is 0 Å². The first-order valence-electron chi connectivity index (χ1n) is 10.7. The Kier molecular flexibility index (Phi) is 5.49. The molecule has 1 heterocycles. The van der Waals surface area contributed by atoms with E-state index < -0.39 is 11.6 Å². The summed E-state index contributed by atoms with van der Waals surface area (Å²) in [5.74, 6) is -0.488. The minimum atomic E-state index is -0.774. The molecular weight excluding hydrogens is 384 g/mol. The Bertz CT molecular complexity index is 874. The molecule has 160 valence electrons. The van der Waals surface area contributed by atoms with Gasteiger partial charge in [-0.15, -0.1) is 0 Å². The van der Waals surface area contributed by atoms with Crippen LogP contribution in [0.25, 0.3) is 0 Å². The van der Waals surface area contributed by atoms with E-state index in [1.54, 1.807) is 7.05 Å². The molecule has 2 N–H and O–H groups in total. The van der Waals surface area contributed by atoms with Gasteiger partial charge >= 0.3 is 6.03 Å². The second-order valence-corrected chi connectivity index (χ2v) is 8.57. The summed E-state index contributed by atoms with van der Waals surface area (Å²) in [5, 5.41) is 5.66. The first-order chi connectivity index (χ1) is 14.4. The Balaban J connectivity index is 1.33. The SMILES string of the molecule is CN1C(=O)N(CC(=O)NCc2cccc(NC(=O)C3CC3)c2)C(=O)C12CCCCC2. The fourth-order valence-electron chi connectivity index (χ4n) is 4.42. The van der Waals surface area contributed by atoms with Crippen molar-refractivity contribution in [2.75, 3.05) is 18.9 Å². The van der Waals surface area contributed by atoms with E-state index in [9.17, 15) is 19.2 Å². The van der Waals surface area contributed by atoms with Crippen LogP contribution in [0, 0.1) is 5.92 Å². The van der Waals surface area contributed by atoms with Crippen molar-refractivity contribution < 1.29 is 19.2 Å². The molecule has 2 saturated carbocycles. The lowest BCUT2D eigenvalue weighted by molar-refractivity contribution is -0.137. The molecule has 0 radical (unpaired) electrons. The summed E-state index contributed by atoms with van der Waals surface area (Å²) in [6.07, 6.45) is 6.08. The Morgan fingerprint density at radius 3 is 2.57 bits per heavy atom. The van der Waals surface area contributed by atoms with E-state index in [2.05, 4.69) is 10.6 Å². The molecule has 2 aliphatic carbocycles. The molecule has 0 aromatic heterocycles. The van der Waals surface area contributed by atoms with Crippen molar-refractivity contribution in [3.63, 3.8) is 0 Å². The van der Waals surface area contributed by atoms with Crippen LogP contribution in [0.3, 0.4) is 0 Å². The van der Waals surface area contributed by atoms with Gasteiger partial charge in [-0.05, 0) is 43.4 Å². The minimum absolute atomic E-state index is 0.0306. The molecule has 1 saturated heterocycles. The number of imide groups is 1. The molecule has 8 nitrogen and oxygen atoms in total. The summed E-state index contributed by atoms with van der Waals surface area (Å²) in [6, 6.07) is 6.90. The van der Waals surface area contributed by atoms with Gasteiger partial charge in [0.05, 0.1) is 0 Å². The van der Waals surface area contributed by atoms with Gasteiger partial charge in [0.2, 0.25) is 11.8 Å². The molecule has 3 aliphatic rings. The van der Waals surface area contributed by atoms with Crippen LogP contribution < -0.4 is 10.6 Å². The Morgan fingerprint density at radius 2 is 1.87 bits per heavy atom. The number of urea groups is 1. The monoisotopic (exact) mass is 412 g/mol. The van der Waals surface area contributed by atoms with Crippen molar-refractivity contribution in [3.05, 3.63) is 29.8 Å². The van der Waals surface area contributed by atoms with Crippen LogP contribution in [0.4, 0.5) is 10.5 Å². The maximum atomic E-state index is 13.0. The van der Waals surface area contributed by atoms with E-state index in [4.69, 9.17) is 0 Å². The van der Waals surface area contributed by atoms with Crippen LogP contribution in [0.15, 0.2) is 24.3 Å². The highest BCUT2D eigenvalue weighted by molar-refractivity contribution is 6.09. The summed E-state index contributed by atoms with van der Waals surface area (Å²) >= 11 is 0. The first kappa shape index (κ1) is 20.4. The van der Waals surface area contributed by atoms with Gasteiger partial charge in [-0.2, -0.15) is 0 Å². The topological polar surface area (TPSA) is 98.8 Å². The average Bonchev–Trinajstić information content (AvgIpc) is 3.59. The predicted molar refractivity (Wildman–Crippen MR) is 110 cm³/mol. The lowest BCUT2D eigenvalue weighted by Crippen LogP contribution is -2.49. The molecule has 1 spiro atoms. The van der Waals surface area contributed by atoms with Gasteiger partial charge < -0.3 is 15.5 Å². The normalized spacial score (nSPS) is 20.6. The zero-order valence-electron chi connectivity index (χ0n) is 17.3. The molecule has 1 aromatic rings. The van der Waals surface area contributed by atoms with Gasteiger partial charge in [0.15, 0.2) is 0 Å². The van der Waals surface area contributed by atoms with Gasteiger partial charge in [-0.3, -0.25) is 19.3 Å². The fraction of sp³-hybridized carbons (Fsp3) is 0.545. The Hall–Kier alpha value is -2.90. The van der Waals surface area contributed by atoms with Crippen LogP contribution in [-0.2, 0) is 20.9 Å². The number of likely N-dealkylation sites (N-methyl/N-ethyl adjacent to an activating group) is 1. The largest absolute Gasteiger partial charge is 0.350 e. The van der Waals surface area contributed by atoms with E-state index in [0.29, 0.717) is 18.5 Å². The molecule has 0 atom stereocenters. The molecule has 4 rings (SSSR count). The molecular formula is C22H28N4O4. The number of anilines is 1. The van der Waals surface area contributed by atoms with E-state index in [1.165, 1.54) is 4.90 Å². The third kappa shape index (κ3) is 3.91. The number of amides is 5. The second kappa shape index (κ2) is 8.08. The van der Waals surface area contributed by atoms with Crippen molar-refractivity contribution in [1.82, 2.24) is 15.1 Å². The maximum Gasteiger partial charge on any atom is 0.327 e. The number of benzene rings is 1. The van der Waals surface area contributed by atoms with E-state index in [1.807, 2.05) is 24.3 Å². The van der Waals surface area contributed by atoms with Crippen LogP contribution in [-0.4, -0.2) is 52.7 Å². The number of nitrogens with one attached hydrogen (secondary N) is 2. The van der Waals surface area contributed by atoms with Gasteiger partial charge in [-0.25, -0.2) is 4.79 Å². The average molecular weight is 412 g/mol. The molecule has 0 unspecified atom stereocenters. The molecule has 1 aromatic carbocycles. The van der Waals surface area contributed by atoms with Gasteiger partial charge in [0.1, 0.15) is 12.1 Å². The van der Waals surface area contributed by atoms with Crippen molar-refractivity contribution >= 4 is 29.4 Å². The second-order valence-electron chi connectivity index (χ2n) is 8.57. The highest BCUT2D eigenvalue weighted by atomic mass is 16.2. The summed E-state index contributed by atoms with van der Waals surface area (Å²) in [7, 11) is 1.66. The zero-order valence-corrected chi connectivity index (χ0v) is 17.3. The van der Waals surface area contributed by atoms with Crippen LogP contribution in [0.5, 0.6) is 0 Å². The van der Waals surface area contributed by atoms with Crippen LogP contribution in [0.1, 0.15) is 50.5 Å². The fourth-order valence-corrected chi connectivity index (χ4v) is 4.42. The van der Waals surface area contributed by atoms with Gasteiger partial charge in [-0.1, -0.05) is 31.4 Å². The summed E-state index contributed by atoms with van der Waals surface area (Å²) in [5.41, 5.74) is 0.755. The number of carbonyl (C=O) groups is 4. The Labute approximate surface area is 176 Å². The summed E-state index contributed by atoms with van der Waals surface area (Å²) in [6.45, 7) is -0.0228. The molecule has 30 heavy (non-hydrogen) atoms. The third-order valence-electron chi connectivity index (χ3n) is 6.42. The molecule has 5 amide bonds. The van der Waals surface area contributed by atoms with Crippen molar-refractivity contribution in [1.29, 1.82) is 0 Å². The maximum absolute atomic E-state index is 13.0. The van der Waals surface area contributed by atoms with Gasteiger partial charge in [0, 0.05) is 25.2 Å². The molecule has 1 aliphatic heterocycles. The van der Waals surface area contributed by atoms with E-state index in [0.717, 1.165) is 42.6 Å².